The normalized spacial score (nSPS) is 10.1. The van der Waals surface area contributed by atoms with E-state index in [0.29, 0.717) is 23.7 Å². The van der Waals surface area contributed by atoms with Crippen LogP contribution in [-0.4, -0.2) is 40.1 Å². The summed E-state index contributed by atoms with van der Waals surface area (Å²) < 4.78 is 5.17. The van der Waals surface area contributed by atoms with Crippen LogP contribution in [0.25, 0.3) is 0 Å². The van der Waals surface area contributed by atoms with E-state index in [1.165, 1.54) is 6.33 Å². The van der Waals surface area contributed by atoms with E-state index < -0.39 is 0 Å². The number of nitrogens with one attached hydrogen (secondary N) is 1. The molecular formula is C12H14N4O2. The van der Waals surface area contributed by atoms with E-state index in [0.717, 1.165) is 0 Å². The minimum absolute atomic E-state index is 0.121. The molecule has 0 unspecified atom stereocenters. The number of amides is 1. The van der Waals surface area contributed by atoms with Crippen molar-refractivity contribution in [2.45, 2.75) is 6.54 Å². The van der Waals surface area contributed by atoms with E-state index in [2.05, 4.69) is 15.2 Å². The minimum Gasteiger partial charge on any atom is -0.496 e. The van der Waals surface area contributed by atoms with Crippen LogP contribution in [0, 0.1) is 0 Å². The highest BCUT2D eigenvalue weighted by Gasteiger charge is 2.16. The number of methoxy groups -OCH3 is 1. The van der Waals surface area contributed by atoms with Crippen molar-refractivity contribution in [3.63, 3.8) is 0 Å². The Morgan fingerprint density at radius 3 is 2.89 bits per heavy atom. The van der Waals surface area contributed by atoms with Crippen LogP contribution in [0.5, 0.6) is 5.75 Å². The van der Waals surface area contributed by atoms with Gasteiger partial charge in [-0.05, 0) is 12.1 Å². The molecule has 0 aliphatic carbocycles. The van der Waals surface area contributed by atoms with Crippen molar-refractivity contribution in [3.8, 4) is 5.75 Å². The van der Waals surface area contributed by atoms with Gasteiger partial charge in [-0.1, -0.05) is 12.1 Å². The third kappa shape index (κ3) is 2.48. The molecule has 6 heteroatoms. The van der Waals surface area contributed by atoms with Crippen molar-refractivity contribution in [1.82, 2.24) is 20.1 Å². The fraction of sp³-hybridized carbons (Fsp3) is 0.250. The molecule has 0 spiro atoms. The lowest BCUT2D eigenvalue weighted by atomic mass is 10.2. The second kappa shape index (κ2) is 5.31. The number of ether oxygens (including phenoxy) is 1. The van der Waals surface area contributed by atoms with Gasteiger partial charge in [0.25, 0.3) is 5.91 Å². The Bertz CT molecular complexity index is 525. The smallest absolute Gasteiger partial charge is 0.257 e. The molecule has 1 N–H and O–H groups in total. The van der Waals surface area contributed by atoms with Gasteiger partial charge < -0.3 is 9.64 Å². The summed E-state index contributed by atoms with van der Waals surface area (Å²) in [6.45, 7) is 0.372. The first kappa shape index (κ1) is 12.1. The fourth-order valence-electron chi connectivity index (χ4n) is 1.63. The largest absolute Gasteiger partial charge is 0.496 e. The van der Waals surface area contributed by atoms with Gasteiger partial charge >= 0.3 is 0 Å². The number of hydrogen-bond donors (Lipinski definition) is 1. The number of nitrogens with zero attached hydrogens (tertiary/aromatic N) is 3. The van der Waals surface area contributed by atoms with E-state index >= 15 is 0 Å². The highest BCUT2D eigenvalue weighted by molar-refractivity contribution is 5.96. The van der Waals surface area contributed by atoms with Crippen molar-refractivity contribution in [2.75, 3.05) is 14.2 Å². The van der Waals surface area contributed by atoms with Crippen molar-refractivity contribution in [1.29, 1.82) is 0 Å². The quantitative estimate of drug-likeness (QED) is 0.876. The van der Waals surface area contributed by atoms with Crippen LogP contribution in [0.2, 0.25) is 0 Å². The van der Waals surface area contributed by atoms with Crippen LogP contribution < -0.4 is 4.74 Å². The second-order valence-electron chi connectivity index (χ2n) is 3.79. The molecule has 1 aromatic carbocycles. The first-order chi connectivity index (χ1) is 8.72. The first-order valence-corrected chi connectivity index (χ1v) is 5.45. The van der Waals surface area contributed by atoms with E-state index in [-0.39, 0.29) is 5.91 Å². The van der Waals surface area contributed by atoms with Crippen LogP contribution in [0.1, 0.15) is 16.2 Å². The van der Waals surface area contributed by atoms with Crippen molar-refractivity contribution >= 4 is 5.91 Å². The standard InChI is InChI=1S/C12H14N4O2/c1-16(7-11-13-8-14-15-11)12(17)9-5-3-4-6-10(9)18-2/h3-6,8H,7H2,1-2H3,(H,13,14,15). The molecule has 0 atom stereocenters. The van der Waals surface area contributed by atoms with E-state index in [1.54, 1.807) is 37.3 Å². The zero-order valence-electron chi connectivity index (χ0n) is 10.3. The molecule has 0 saturated carbocycles. The number of hydrogen-bond acceptors (Lipinski definition) is 4. The van der Waals surface area contributed by atoms with E-state index in [4.69, 9.17) is 4.74 Å². The molecule has 94 valence electrons. The molecule has 0 saturated heterocycles. The summed E-state index contributed by atoms with van der Waals surface area (Å²) in [5.41, 5.74) is 0.530. The van der Waals surface area contributed by atoms with E-state index in [1.807, 2.05) is 6.07 Å². The molecule has 2 aromatic rings. The average Bonchev–Trinajstić information content (AvgIpc) is 2.90. The molecule has 0 aliphatic rings. The Morgan fingerprint density at radius 1 is 1.44 bits per heavy atom. The minimum atomic E-state index is -0.121. The maximum Gasteiger partial charge on any atom is 0.257 e. The topological polar surface area (TPSA) is 71.1 Å². The number of aromatic nitrogens is 3. The van der Waals surface area contributed by atoms with Gasteiger partial charge in [0.1, 0.15) is 17.9 Å². The Morgan fingerprint density at radius 2 is 2.22 bits per heavy atom. The SMILES string of the molecule is COc1ccccc1C(=O)N(C)Cc1ncn[nH]1. The number of carbonyl (C=O) groups excluding carboxylic acids is 1. The Hall–Kier alpha value is -2.37. The fourth-order valence-corrected chi connectivity index (χ4v) is 1.63. The zero-order valence-corrected chi connectivity index (χ0v) is 10.3. The maximum atomic E-state index is 12.2. The van der Waals surface area contributed by atoms with Crippen molar-refractivity contribution in [2.24, 2.45) is 0 Å². The molecule has 1 amide bonds. The highest BCUT2D eigenvalue weighted by Crippen LogP contribution is 2.19. The van der Waals surface area contributed by atoms with Crippen LogP contribution >= 0.6 is 0 Å². The summed E-state index contributed by atoms with van der Waals surface area (Å²) in [5, 5.41) is 6.46. The molecule has 0 bridgehead atoms. The van der Waals surface area contributed by atoms with Crippen molar-refractivity contribution in [3.05, 3.63) is 42.0 Å². The molecule has 18 heavy (non-hydrogen) atoms. The van der Waals surface area contributed by atoms with Crippen molar-refractivity contribution < 1.29 is 9.53 Å². The average molecular weight is 246 g/mol. The summed E-state index contributed by atoms with van der Waals surface area (Å²) in [7, 11) is 3.25. The van der Waals surface area contributed by atoms with Gasteiger partial charge in [-0.2, -0.15) is 5.10 Å². The number of H-pyrrole nitrogens is 1. The summed E-state index contributed by atoms with van der Waals surface area (Å²) in [6.07, 6.45) is 1.41. The molecule has 2 rings (SSSR count). The number of benzene rings is 1. The van der Waals surface area contributed by atoms with Crippen LogP contribution in [-0.2, 0) is 6.54 Å². The van der Waals surface area contributed by atoms with Gasteiger partial charge in [0.05, 0.1) is 19.2 Å². The Balaban J connectivity index is 2.15. The van der Waals surface area contributed by atoms with Gasteiger partial charge in [0.15, 0.2) is 0 Å². The Labute approximate surface area is 105 Å². The Kier molecular flexibility index (Phi) is 3.57. The molecule has 0 fully saturated rings. The number of carbonyl (C=O) groups is 1. The monoisotopic (exact) mass is 246 g/mol. The molecule has 0 aliphatic heterocycles. The van der Waals surface area contributed by atoms with Crippen LogP contribution in [0.3, 0.4) is 0 Å². The lowest BCUT2D eigenvalue weighted by Gasteiger charge is -2.17. The summed E-state index contributed by atoms with van der Waals surface area (Å²) in [5.74, 6) is 1.08. The van der Waals surface area contributed by atoms with Gasteiger partial charge in [0, 0.05) is 7.05 Å². The predicted molar refractivity (Wildman–Crippen MR) is 65.2 cm³/mol. The third-order valence-electron chi connectivity index (χ3n) is 2.54. The van der Waals surface area contributed by atoms with Gasteiger partial charge in [-0.3, -0.25) is 9.89 Å². The number of para-hydroxylation sites is 1. The molecule has 1 heterocycles. The molecular weight excluding hydrogens is 232 g/mol. The van der Waals surface area contributed by atoms with Gasteiger partial charge in [-0.15, -0.1) is 0 Å². The van der Waals surface area contributed by atoms with Gasteiger partial charge in [0.2, 0.25) is 0 Å². The summed E-state index contributed by atoms with van der Waals surface area (Å²) in [4.78, 5) is 17.8. The van der Waals surface area contributed by atoms with Gasteiger partial charge in [-0.25, -0.2) is 4.98 Å². The molecule has 6 nitrogen and oxygen atoms in total. The maximum absolute atomic E-state index is 12.2. The summed E-state index contributed by atoms with van der Waals surface area (Å²) in [6, 6.07) is 7.12. The number of aromatic amines is 1. The van der Waals surface area contributed by atoms with Crippen LogP contribution in [0.4, 0.5) is 0 Å². The first-order valence-electron chi connectivity index (χ1n) is 5.45. The second-order valence-corrected chi connectivity index (χ2v) is 3.79. The predicted octanol–water partition coefficient (Wildman–Crippen LogP) is 1.09. The number of rotatable bonds is 4. The zero-order chi connectivity index (χ0) is 13.0. The third-order valence-corrected chi connectivity index (χ3v) is 2.54. The lowest BCUT2D eigenvalue weighted by Crippen LogP contribution is -2.27. The van der Waals surface area contributed by atoms with E-state index in [9.17, 15) is 4.79 Å². The summed E-state index contributed by atoms with van der Waals surface area (Å²) >= 11 is 0. The molecule has 0 radical (unpaired) electrons. The van der Waals surface area contributed by atoms with Crippen LogP contribution in [0.15, 0.2) is 30.6 Å². The lowest BCUT2D eigenvalue weighted by molar-refractivity contribution is 0.0778. The highest BCUT2D eigenvalue weighted by atomic mass is 16.5. The molecule has 1 aromatic heterocycles.